The molecule has 2 saturated carbocycles. The normalized spacial score (nSPS) is 22.8. The third-order valence-corrected chi connectivity index (χ3v) is 7.58. The van der Waals surface area contributed by atoms with Crippen LogP contribution >= 0.6 is 0 Å². The first kappa shape index (κ1) is 17.5. The molecule has 1 aliphatic heterocycles. The van der Waals surface area contributed by atoms with Crippen molar-refractivity contribution in [2.24, 2.45) is 5.41 Å². The number of amides is 1. The molecule has 0 bridgehead atoms. The monoisotopic (exact) mass is 406 g/mol. The fourth-order valence-corrected chi connectivity index (χ4v) is 5.71. The summed E-state index contributed by atoms with van der Waals surface area (Å²) in [7, 11) is -4.23. The Bertz CT molecular complexity index is 1090. The first-order chi connectivity index (χ1) is 13.3. The van der Waals surface area contributed by atoms with Gasteiger partial charge in [0.25, 0.3) is 5.91 Å². The number of anilines is 1. The van der Waals surface area contributed by atoms with Crippen LogP contribution in [0.1, 0.15) is 38.1 Å². The lowest BCUT2D eigenvalue weighted by Gasteiger charge is -2.54. The first-order valence-electron chi connectivity index (χ1n) is 9.17. The summed E-state index contributed by atoms with van der Waals surface area (Å²) in [6.07, 6.45) is 9.27. The SMILES string of the molecule is O=C1CN(c2c(O)ccc(-c3cnn(C4CC5(CCC5)C4)c3)c2F)S(=O)(=O)N1. The van der Waals surface area contributed by atoms with Crippen LogP contribution in [0, 0.1) is 11.2 Å². The van der Waals surface area contributed by atoms with Crippen LogP contribution in [-0.4, -0.2) is 35.8 Å². The van der Waals surface area contributed by atoms with Gasteiger partial charge in [-0.1, -0.05) is 6.42 Å². The molecule has 2 aromatic rings. The minimum absolute atomic E-state index is 0.117. The fourth-order valence-electron chi connectivity index (χ4n) is 4.55. The maximum absolute atomic E-state index is 15.2. The fraction of sp³-hybridized carbons (Fsp3) is 0.444. The van der Waals surface area contributed by atoms with E-state index in [4.69, 9.17) is 0 Å². The topological polar surface area (TPSA) is 105 Å². The second-order valence-corrected chi connectivity index (χ2v) is 9.55. The van der Waals surface area contributed by atoms with Crippen LogP contribution in [0.3, 0.4) is 0 Å². The number of carbonyl (C=O) groups excluding carboxylic acids is 1. The van der Waals surface area contributed by atoms with Crippen molar-refractivity contribution in [3.05, 3.63) is 30.3 Å². The lowest BCUT2D eigenvalue weighted by atomic mass is 9.54. The van der Waals surface area contributed by atoms with Gasteiger partial charge in [-0.3, -0.25) is 9.48 Å². The number of hydrogen-bond donors (Lipinski definition) is 2. The largest absolute Gasteiger partial charge is 0.506 e. The van der Waals surface area contributed by atoms with E-state index in [1.165, 1.54) is 37.6 Å². The predicted octanol–water partition coefficient (Wildman–Crippen LogP) is 2.08. The molecule has 148 valence electrons. The number of phenols is 1. The van der Waals surface area contributed by atoms with Crippen LogP contribution in [0.2, 0.25) is 0 Å². The van der Waals surface area contributed by atoms with Crippen molar-refractivity contribution in [1.29, 1.82) is 0 Å². The van der Waals surface area contributed by atoms with E-state index in [1.54, 1.807) is 10.9 Å². The van der Waals surface area contributed by atoms with E-state index in [1.807, 2.05) is 4.68 Å². The molecule has 2 heterocycles. The molecular weight excluding hydrogens is 387 g/mol. The van der Waals surface area contributed by atoms with E-state index < -0.39 is 39.9 Å². The van der Waals surface area contributed by atoms with Gasteiger partial charge in [0.05, 0.1) is 12.2 Å². The van der Waals surface area contributed by atoms with Crippen molar-refractivity contribution in [2.45, 2.75) is 38.1 Å². The second kappa shape index (κ2) is 5.69. The number of nitrogens with zero attached hydrogens (tertiary/aromatic N) is 3. The Morgan fingerprint density at radius 3 is 2.64 bits per heavy atom. The molecule has 1 aromatic heterocycles. The number of nitrogens with one attached hydrogen (secondary N) is 1. The zero-order chi connectivity index (χ0) is 19.7. The van der Waals surface area contributed by atoms with E-state index in [2.05, 4.69) is 5.10 Å². The molecule has 1 aromatic carbocycles. The number of aromatic hydroxyl groups is 1. The highest BCUT2D eigenvalue weighted by molar-refractivity contribution is 7.92. The molecule has 1 amide bonds. The number of aromatic nitrogens is 2. The molecule has 5 rings (SSSR count). The zero-order valence-electron chi connectivity index (χ0n) is 14.9. The number of phenolic OH excluding ortho intramolecular Hbond substituents is 1. The Balaban J connectivity index is 1.48. The average Bonchev–Trinajstić information content (AvgIpc) is 3.09. The van der Waals surface area contributed by atoms with E-state index >= 15 is 4.39 Å². The summed E-state index contributed by atoms with van der Waals surface area (Å²) in [5, 5.41) is 14.4. The summed E-state index contributed by atoms with van der Waals surface area (Å²) in [5.41, 5.74) is 0.549. The average molecular weight is 406 g/mol. The Kier molecular flexibility index (Phi) is 3.55. The number of benzene rings is 1. The van der Waals surface area contributed by atoms with Crippen LogP contribution in [-0.2, 0) is 15.0 Å². The molecular formula is C18H19FN4O4S. The molecule has 0 radical (unpaired) electrons. The molecule has 0 unspecified atom stereocenters. The Labute approximate surface area is 161 Å². The smallest absolute Gasteiger partial charge is 0.326 e. The van der Waals surface area contributed by atoms with Gasteiger partial charge in [-0.2, -0.15) is 13.5 Å². The maximum Gasteiger partial charge on any atom is 0.326 e. The lowest BCUT2D eigenvalue weighted by molar-refractivity contribution is -0.117. The lowest BCUT2D eigenvalue weighted by Crippen LogP contribution is -2.43. The molecule has 0 atom stereocenters. The van der Waals surface area contributed by atoms with E-state index in [-0.39, 0.29) is 5.56 Å². The van der Waals surface area contributed by atoms with Crippen molar-refractivity contribution >= 4 is 21.8 Å². The van der Waals surface area contributed by atoms with Crippen molar-refractivity contribution < 1.29 is 22.7 Å². The van der Waals surface area contributed by atoms with Crippen LogP contribution in [0.25, 0.3) is 11.1 Å². The van der Waals surface area contributed by atoms with Gasteiger partial charge in [0.2, 0.25) is 0 Å². The number of carbonyl (C=O) groups is 1. The van der Waals surface area contributed by atoms with E-state index in [9.17, 15) is 18.3 Å². The highest BCUT2D eigenvalue weighted by Crippen LogP contribution is 2.60. The van der Waals surface area contributed by atoms with Crippen LogP contribution in [0.15, 0.2) is 24.5 Å². The van der Waals surface area contributed by atoms with Gasteiger partial charge in [0.15, 0.2) is 5.82 Å². The van der Waals surface area contributed by atoms with Gasteiger partial charge in [-0.05, 0) is 43.2 Å². The second-order valence-electron chi connectivity index (χ2n) is 7.96. The van der Waals surface area contributed by atoms with Gasteiger partial charge in [0.1, 0.15) is 18.0 Å². The van der Waals surface area contributed by atoms with E-state index in [0.717, 1.165) is 12.8 Å². The Hall–Kier alpha value is -2.62. The van der Waals surface area contributed by atoms with E-state index in [0.29, 0.717) is 21.3 Å². The molecule has 1 saturated heterocycles. The van der Waals surface area contributed by atoms with Gasteiger partial charge in [0, 0.05) is 17.3 Å². The van der Waals surface area contributed by atoms with Gasteiger partial charge < -0.3 is 5.11 Å². The standard InChI is InChI=1S/C18H19FN4O4S/c19-16-13(2-3-14(24)17(16)23-10-15(25)21-28(23,26)27)11-8-20-22(9-11)12-6-18(7-12)4-1-5-18/h2-3,8-9,12,24H,1,4-7,10H2,(H,21,25). The van der Waals surface area contributed by atoms with Crippen LogP contribution < -0.4 is 9.03 Å². The molecule has 3 aliphatic rings. The molecule has 28 heavy (non-hydrogen) atoms. The molecule has 2 N–H and O–H groups in total. The highest BCUT2D eigenvalue weighted by Gasteiger charge is 2.49. The van der Waals surface area contributed by atoms with Crippen molar-refractivity contribution in [1.82, 2.24) is 14.5 Å². The summed E-state index contributed by atoms with van der Waals surface area (Å²) in [5.74, 6) is -2.25. The Morgan fingerprint density at radius 1 is 1.29 bits per heavy atom. The third kappa shape index (κ3) is 2.50. The van der Waals surface area contributed by atoms with Gasteiger partial charge in [-0.15, -0.1) is 0 Å². The zero-order valence-corrected chi connectivity index (χ0v) is 15.7. The summed E-state index contributed by atoms with van der Waals surface area (Å²) in [6, 6.07) is 2.90. The summed E-state index contributed by atoms with van der Waals surface area (Å²) in [4.78, 5) is 11.5. The third-order valence-electron chi connectivity index (χ3n) is 6.20. The molecule has 10 heteroatoms. The van der Waals surface area contributed by atoms with Crippen LogP contribution in [0.4, 0.5) is 10.1 Å². The van der Waals surface area contributed by atoms with Crippen LogP contribution in [0.5, 0.6) is 5.75 Å². The summed E-state index contributed by atoms with van der Waals surface area (Å²) < 4.78 is 43.5. The van der Waals surface area contributed by atoms with Gasteiger partial charge >= 0.3 is 10.2 Å². The maximum atomic E-state index is 15.2. The number of halogens is 1. The summed E-state index contributed by atoms with van der Waals surface area (Å²) >= 11 is 0. The van der Waals surface area contributed by atoms with Gasteiger partial charge in [-0.25, -0.2) is 13.4 Å². The van der Waals surface area contributed by atoms with Crippen molar-refractivity contribution in [3.63, 3.8) is 0 Å². The number of rotatable bonds is 3. The summed E-state index contributed by atoms with van der Waals surface area (Å²) in [6.45, 7) is -0.584. The first-order valence-corrected chi connectivity index (χ1v) is 10.6. The van der Waals surface area contributed by atoms with Crippen molar-refractivity contribution in [2.75, 3.05) is 10.8 Å². The predicted molar refractivity (Wildman–Crippen MR) is 98.2 cm³/mol. The molecule has 1 spiro atoms. The minimum Gasteiger partial charge on any atom is -0.506 e. The Morgan fingerprint density at radius 2 is 2.04 bits per heavy atom. The molecule has 2 aliphatic carbocycles. The van der Waals surface area contributed by atoms with Crippen molar-refractivity contribution in [3.8, 4) is 16.9 Å². The highest BCUT2D eigenvalue weighted by atomic mass is 32.2. The minimum atomic E-state index is -4.23. The quantitative estimate of drug-likeness (QED) is 0.812. The molecule has 8 nitrogen and oxygen atoms in total. The molecule has 3 fully saturated rings. The number of hydrogen-bond acceptors (Lipinski definition) is 5.